The summed E-state index contributed by atoms with van der Waals surface area (Å²) in [6, 6.07) is 11.1. The van der Waals surface area contributed by atoms with Gasteiger partial charge in [-0.1, -0.05) is 30.3 Å². The average Bonchev–Trinajstić information content (AvgIpc) is 3.17. The third-order valence-corrected chi connectivity index (χ3v) is 6.26. The highest BCUT2D eigenvalue weighted by atomic mass is 15.5. The number of aryl methyl sites for hydroxylation is 1. The summed E-state index contributed by atoms with van der Waals surface area (Å²) in [6.45, 7) is 6.97. The number of rotatable bonds is 5. The summed E-state index contributed by atoms with van der Waals surface area (Å²) in [5, 5.41) is 11.3. The molecule has 2 aliphatic rings. The number of piperidine rings is 2. The first-order valence-corrected chi connectivity index (χ1v) is 9.89. The van der Waals surface area contributed by atoms with Crippen LogP contribution >= 0.6 is 0 Å². The van der Waals surface area contributed by atoms with Gasteiger partial charge < -0.3 is 9.80 Å². The van der Waals surface area contributed by atoms with Crippen molar-refractivity contribution in [2.75, 3.05) is 39.8 Å². The fourth-order valence-corrected chi connectivity index (χ4v) is 4.97. The molecule has 2 saturated heterocycles. The van der Waals surface area contributed by atoms with Crippen molar-refractivity contribution in [1.29, 1.82) is 0 Å². The fraction of sp³-hybridized carbons (Fsp3) is 0.650. The van der Waals surface area contributed by atoms with Crippen LogP contribution in [0.3, 0.4) is 0 Å². The molecule has 6 heteroatoms. The van der Waals surface area contributed by atoms with Crippen LogP contribution < -0.4 is 0 Å². The first-order chi connectivity index (χ1) is 12.7. The van der Waals surface area contributed by atoms with Crippen LogP contribution in [-0.4, -0.2) is 69.8 Å². The second kappa shape index (κ2) is 7.84. The van der Waals surface area contributed by atoms with Gasteiger partial charge in [0.15, 0.2) is 0 Å². The van der Waals surface area contributed by atoms with E-state index in [1.165, 1.54) is 51.0 Å². The Morgan fingerprint density at radius 3 is 2.65 bits per heavy atom. The number of likely N-dealkylation sites (tertiary alicyclic amines) is 2. The molecule has 0 bridgehead atoms. The molecule has 4 rings (SSSR count). The minimum atomic E-state index is 0.500. The normalized spacial score (nSPS) is 24.1. The molecule has 1 aromatic carbocycles. The molecular weight excluding hydrogens is 324 g/mol. The molecule has 2 fully saturated rings. The Morgan fingerprint density at radius 2 is 1.92 bits per heavy atom. The maximum absolute atomic E-state index is 3.94. The number of hydrogen-bond acceptors (Lipinski definition) is 5. The van der Waals surface area contributed by atoms with E-state index in [2.05, 4.69) is 62.7 Å². The molecule has 0 aliphatic carbocycles. The number of nitrogens with zero attached hydrogens (tertiary/aromatic N) is 6. The van der Waals surface area contributed by atoms with Crippen molar-refractivity contribution < 1.29 is 0 Å². The second-order valence-electron chi connectivity index (χ2n) is 8.28. The van der Waals surface area contributed by atoms with E-state index in [1.54, 1.807) is 6.33 Å². The Balaban J connectivity index is 1.30. The molecule has 1 aromatic heterocycles. The highest BCUT2D eigenvalue weighted by Crippen LogP contribution is 2.44. The summed E-state index contributed by atoms with van der Waals surface area (Å²) in [7, 11) is 2.30. The van der Waals surface area contributed by atoms with Crippen molar-refractivity contribution in [3.05, 3.63) is 42.2 Å². The van der Waals surface area contributed by atoms with Gasteiger partial charge in [0.1, 0.15) is 6.33 Å². The lowest BCUT2D eigenvalue weighted by Crippen LogP contribution is -2.50. The molecule has 6 nitrogen and oxygen atoms in total. The van der Waals surface area contributed by atoms with E-state index in [0.29, 0.717) is 11.3 Å². The molecule has 26 heavy (non-hydrogen) atoms. The van der Waals surface area contributed by atoms with Gasteiger partial charge in [0, 0.05) is 19.6 Å². The van der Waals surface area contributed by atoms with Gasteiger partial charge in [-0.25, -0.2) is 4.68 Å². The Morgan fingerprint density at radius 1 is 1.12 bits per heavy atom. The van der Waals surface area contributed by atoms with Gasteiger partial charge in [0.05, 0.1) is 0 Å². The topological polar surface area (TPSA) is 50.1 Å². The SMILES string of the molecule is CN1C[C@H](c2ccccc2)CC2(CCN(CCCn3cnnn3)CC2)C1. The Kier molecular flexibility index (Phi) is 5.31. The van der Waals surface area contributed by atoms with E-state index in [-0.39, 0.29) is 0 Å². The van der Waals surface area contributed by atoms with Crippen molar-refractivity contribution in [1.82, 2.24) is 30.0 Å². The van der Waals surface area contributed by atoms with Crippen LogP contribution in [0.5, 0.6) is 0 Å². The van der Waals surface area contributed by atoms with Crippen molar-refractivity contribution in [3.63, 3.8) is 0 Å². The first kappa shape index (κ1) is 17.6. The number of likely N-dealkylation sites (N-methyl/N-ethyl adjacent to an activating group) is 1. The molecule has 0 unspecified atom stereocenters. The molecule has 1 spiro atoms. The van der Waals surface area contributed by atoms with E-state index in [9.17, 15) is 0 Å². The van der Waals surface area contributed by atoms with Gasteiger partial charge in [-0.3, -0.25) is 0 Å². The van der Waals surface area contributed by atoms with Crippen molar-refractivity contribution in [3.8, 4) is 0 Å². The van der Waals surface area contributed by atoms with E-state index in [1.807, 2.05) is 4.68 Å². The Labute approximate surface area is 156 Å². The molecule has 1 atom stereocenters. The van der Waals surface area contributed by atoms with Crippen LogP contribution in [0, 0.1) is 5.41 Å². The van der Waals surface area contributed by atoms with Gasteiger partial charge in [0.2, 0.25) is 0 Å². The molecular formula is C20H30N6. The molecule has 3 heterocycles. The summed E-state index contributed by atoms with van der Waals surface area (Å²) in [5.41, 5.74) is 2.02. The number of hydrogen-bond donors (Lipinski definition) is 0. The molecule has 2 aromatic rings. The molecule has 0 amide bonds. The molecule has 0 radical (unpaired) electrons. The van der Waals surface area contributed by atoms with Crippen molar-refractivity contribution >= 4 is 0 Å². The smallest absolute Gasteiger partial charge is 0.138 e. The van der Waals surface area contributed by atoms with Crippen LogP contribution in [0.15, 0.2) is 36.7 Å². The highest BCUT2D eigenvalue weighted by Gasteiger charge is 2.41. The van der Waals surface area contributed by atoms with Crippen LogP contribution in [0.25, 0.3) is 0 Å². The number of benzene rings is 1. The second-order valence-corrected chi connectivity index (χ2v) is 8.28. The monoisotopic (exact) mass is 354 g/mol. The lowest BCUT2D eigenvalue weighted by atomic mass is 9.68. The highest BCUT2D eigenvalue weighted by molar-refractivity contribution is 5.21. The average molecular weight is 355 g/mol. The largest absolute Gasteiger partial charge is 0.305 e. The van der Waals surface area contributed by atoms with E-state index >= 15 is 0 Å². The summed E-state index contributed by atoms with van der Waals surface area (Å²) >= 11 is 0. The van der Waals surface area contributed by atoms with Gasteiger partial charge in [-0.05, 0) is 79.7 Å². The van der Waals surface area contributed by atoms with E-state index in [0.717, 1.165) is 19.5 Å². The lowest BCUT2D eigenvalue weighted by molar-refractivity contribution is 0.0236. The maximum Gasteiger partial charge on any atom is 0.138 e. The number of aromatic nitrogens is 4. The van der Waals surface area contributed by atoms with Crippen molar-refractivity contribution in [2.45, 2.75) is 38.1 Å². The predicted molar refractivity (Wildman–Crippen MR) is 102 cm³/mol. The molecule has 0 saturated carbocycles. The lowest BCUT2D eigenvalue weighted by Gasteiger charge is -2.49. The first-order valence-electron chi connectivity index (χ1n) is 9.89. The predicted octanol–water partition coefficient (Wildman–Crippen LogP) is 2.26. The van der Waals surface area contributed by atoms with E-state index in [4.69, 9.17) is 0 Å². The zero-order chi connectivity index (χ0) is 17.8. The third-order valence-electron chi connectivity index (χ3n) is 6.26. The van der Waals surface area contributed by atoms with Crippen molar-refractivity contribution in [2.24, 2.45) is 5.41 Å². The van der Waals surface area contributed by atoms with Crippen LogP contribution in [0.2, 0.25) is 0 Å². The minimum Gasteiger partial charge on any atom is -0.305 e. The minimum absolute atomic E-state index is 0.500. The molecule has 0 N–H and O–H groups in total. The van der Waals surface area contributed by atoms with E-state index < -0.39 is 0 Å². The Hall–Kier alpha value is -1.79. The zero-order valence-corrected chi connectivity index (χ0v) is 15.8. The molecule has 2 aliphatic heterocycles. The van der Waals surface area contributed by atoms with Crippen LogP contribution in [-0.2, 0) is 6.54 Å². The zero-order valence-electron chi connectivity index (χ0n) is 15.8. The summed E-state index contributed by atoms with van der Waals surface area (Å²) in [6.07, 6.45) is 6.81. The summed E-state index contributed by atoms with van der Waals surface area (Å²) < 4.78 is 1.83. The summed E-state index contributed by atoms with van der Waals surface area (Å²) in [5.74, 6) is 0.682. The Bertz CT molecular complexity index is 663. The van der Waals surface area contributed by atoms with Crippen LogP contribution in [0.1, 0.15) is 37.2 Å². The van der Waals surface area contributed by atoms with Gasteiger partial charge in [-0.15, -0.1) is 5.10 Å². The third kappa shape index (κ3) is 4.13. The fourth-order valence-electron chi connectivity index (χ4n) is 4.97. The number of tetrazole rings is 1. The quantitative estimate of drug-likeness (QED) is 0.824. The standard InChI is InChI=1S/C20H30N6/c1-24-15-19(18-6-3-2-4-7-18)14-20(16-24)8-12-25(13-9-20)10-5-11-26-17-21-22-23-26/h2-4,6-7,17,19H,5,8-16H2,1H3/t19-/m1/s1. The van der Waals surface area contributed by atoms with Crippen LogP contribution in [0.4, 0.5) is 0 Å². The van der Waals surface area contributed by atoms with Gasteiger partial charge in [0.25, 0.3) is 0 Å². The van der Waals surface area contributed by atoms with Gasteiger partial charge >= 0.3 is 0 Å². The van der Waals surface area contributed by atoms with Gasteiger partial charge in [-0.2, -0.15) is 0 Å². The summed E-state index contributed by atoms with van der Waals surface area (Å²) in [4.78, 5) is 5.19. The molecule has 140 valence electrons. The maximum atomic E-state index is 3.94.